The number of hydrogen-bond donors (Lipinski definition) is 1. The van der Waals surface area contributed by atoms with E-state index in [9.17, 15) is 9.59 Å². The maximum Gasteiger partial charge on any atom is 0.313 e. The Morgan fingerprint density at radius 3 is 2.32 bits per heavy atom. The largest absolute Gasteiger partial charge is 0.327 e. The fourth-order valence-electron chi connectivity index (χ4n) is 1.58. The van der Waals surface area contributed by atoms with Crippen molar-refractivity contribution in [3.8, 4) is 0 Å². The highest BCUT2D eigenvalue weighted by molar-refractivity contribution is 6.39. The smallest absolute Gasteiger partial charge is 0.313 e. The highest BCUT2D eigenvalue weighted by Gasteiger charge is 2.20. The fraction of sp³-hybridized carbons (Fsp3) is 0.200. The summed E-state index contributed by atoms with van der Waals surface area (Å²) in [5.41, 5.74) is 1.54. The number of amides is 2. The summed E-state index contributed by atoms with van der Waals surface area (Å²) in [7, 11) is 0. The molecule has 0 aliphatic rings. The number of rotatable bonds is 5. The standard InChI is InChI=1S/C15H18N2O2/c1-4-10-17(11-5-2)15(19)14(18)16-13-9-7-6-8-12(13)3/h4-9H,1-2,10-11H2,3H3,(H,16,18). The van der Waals surface area contributed by atoms with Crippen LogP contribution in [0.3, 0.4) is 0 Å². The summed E-state index contributed by atoms with van der Waals surface area (Å²) in [5, 5.41) is 2.61. The Bertz CT molecular complexity index is 485. The van der Waals surface area contributed by atoms with Crippen LogP contribution in [0.25, 0.3) is 0 Å². The molecule has 0 fully saturated rings. The van der Waals surface area contributed by atoms with E-state index in [0.29, 0.717) is 18.8 Å². The molecule has 0 bridgehead atoms. The lowest BCUT2D eigenvalue weighted by molar-refractivity contribution is -0.142. The molecule has 19 heavy (non-hydrogen) atoms. The van der Waals surface area contributed by atoms with Gasteiger partial charge in [0.1, 0.15) is 0 Å². The number of para-hydroxylation sites is 1. The van der Waals surface area contributed by atoms with Crippen LogP contribution in [0, 0.1) is 6.92 Å². The zero-order valence-electron chi connectivity index (χ0n) is 11.1. The van der Waals surface area contributed by atoms with Crippen molar-refractivity contribution < 1.29 is 9.59 Å². The lowest BCUT2D eigenvalue weighted by Gasteiger charge is -2.18. The first-order valence-corrected chi connectivity index (χ1v) is 5.97. The average Bonchev–Trinajstić information content (AvgIpc) is 2.40. The SMILES string of the molecule is C=CCN(CC=C)C(=O)C(=O)Nc1ccccc1C. The minimum absolute atomic E-state index is 0.312. The molecule has 0 saturated carbocycles. The number of hydrogen-bond acceptors (Lipinski definition) is 2. The molecule has 0 heterocycles. The van der Waals surface area contributed by atoms with Crippen molar-refractivity contribution in [1.82, 2.24) is 4.90 Å². The Balaban J connectivity index is 2.76. The van der Waals surface area contributed by atoms with Gasteiger partial charge in [-0.3, -0.25) is 9.59 Å². The second-order valence-electron chi connectivity index (χ2n) is 4.06. The molecule has 1 N–H and O–H groups in total. The van der Waals surface area contributed by atoms with Gasteiger partial charge in [-0.05, 0) is 18.6 Å². The van der Waals surface area contributed by atoms with Gasteiger partial charge >= 0.3 is 11.8 Å². The molecule has 0 unspecified atom stereocenters. The molecule has 0 aliphatic carbocycles. The first-order valence-electron chi connectivity index (χ1n) is 5.97. The van der Waals surface area contributed by atoms with Crippen molar-refractivity contribution in [3.05, 3.63) is 55.1 Å². The molecule has 1 aromatic rings. The molecule has 4 nitrogen and oxygen atoms in total. The van der Waals surface area contributed by atoms with Crippen LogP contribution in [0.1, 0.15) is 5.56 Å². The predicted molar refractivity (Wildman–Crippen MR) is 76.8 cm³/mol. The quantitative estimate of drug-likeness (QED) is 0.649. The monoisotopic (exact) mass is 258 g/mol. The van der Waals surface area contributed by atoms with Crippen molar-refractivity contribution in [2.45, 2.75) is 6.92 Å². The van der Waals surface area contributed by atoms with E-state index < -0.39 is 11.8 Å². The second kappa shape index (κ2) is 7.16. The molecule has 1 aromatic carbocycles. The van der Waals surface area contributed by atoms with Gasteiger partial charge in [-0.15, -0.1) is 13.2 Å². The van der Waals surface area contributed by atoms with Gasteiger partial charge in [-0.25, -0.2) is 0 Å². The van der Waals surface area contributed by atoms with Gasteiger partial charge in [-0.2, -0.15) is 0 Å². The minimum atomic E-state index is -0.655. The third kappa shape index (κ3) is 4.10. The molecule has 4 heteroatoms. The highest BCUT2D eigenvalue weighted by Crippen LogP contribution is 2.13. The van der Waals surface area contributed by atoms with E-state index in [0.717, 1.165) is 5.56 Å². The number of carbonyl (C=O) groups excluding carboxylic acids is 2. The maximum atomic E-state index is 12.0. The molecule has 0 aliphatic heterocycles. The van der Waals surface area contributed by atoms with Gasteiger partial charge in [0.15, 0.2) is 0 Å². The lowest BCUT2D eigenvalue weighted by Crippen LogP contribution is -2.40. The number of benzene rings is 1. The van der Waals surface area contributed by atoms with Crippen LogP contribution >= 0.6 is 0 Å². The lowest BCUT2D eigenvalue weighted by atomic mass is 10.2. The van der Waals surface area contributed by atoms with E-state index in [-0.39, 0.29) is 0 Å². The maximum absolute atomic E-state index is 12.0. The van der Waals surface area contributed by atoms with Crippen LogP contribution in [-0.2, 0) is 9.59 Å². The number of aryl methyl sites for hydroxylation is 1. The van der Waals surface area contributed by atoms with E-state index in [1.807, 2.05) is 19.1 Å². The first kappa shape index (κ1) is 14.7. The summed E-state index contributed by atoms with van der Waals surface area (Å²) in [6.07, 6.45) is 3.14. The van der Waals surface area contributed by atoms with Crippen molar-refractivity contribution in [2.24, 2.45) is 0 Å². The molecule has 0 saturated heterocycles. The third-order valence-corrected chi connectivity index (χ3v) is 2.57. The summed E-state index contributed by atoms with van der Waals surface area (Å²) < 4.78 is 0. The fourth-order valence-corrected chi connectivity index (χ4v) is 1.58. The van der Waals surface area contributed by atoms with Gasteiger partial charge in [0.05, 0.1) is 0 Å². The number of nitrogens with one attached hydrogen (secondary N) is 1. The summed E-state index contributed by atoms with van der Waals surface area (Å²) >= 11 is 0. The van der Waals surface area contributed by atoms with Gasteiger partial charge < -0.3 is 10.2 Å². The normalized spacial score (nSPS) is 9.53. The van der Waals surface area contributed by atoms with Crippen molar-refractivity contribution in [3.63, 3.8) is 0 Å². The van der Waals surface area contributed by atoms with Gasteiger partial charge in [0.25, 0.3) is 0 Å². The van der Waals surface area contributed by atoms with Gasteiger partial charge in [-0.1, -0.05) is 30.4 Å². The second-order valence-corrected chi connectivity index (χ2v) is 4.06. The van der Waals surface area contributed by atoms with E-state index in [1.54, 1.807) is 24.3 Å². The van der Waals surface area contributed by atoms with Gasteiger partial charge in [0, 0.05) is 18.8 Å². The molecule has 2 amide bonds. The van der Waals surface area contributed by atoms with Crippen LogP contribution in [0.15, 0.2) is 49.6 Å². The van der Waals surface area contributed by atoms with Crippen LogP contribution in [0.2, 0.25) is 0 Å². The molecule has 0 aromatic heterocycles. The van der Waals surface area contributed by atoms with Crippen LogP contribution in [0.4, 0.5) is 5.69 Å². The average molecular weight is 258 g/mol. The van der Waals surface area contributed by atoms with Crippen molar-refractivity contribution in [1.29, 1.82) is 0 Å². The molecule has 0 radical (unpaired) electrons. The Morgan fingerprint density at radius 2 is 1.79 bits per heavy atom. The van der Waals surface area contributed by atoms with Crippen molar-refractivity contribution >= 4 is 17.5 Å². The molecular weight excluding hydrogens is 240 g/mol. The van der Waals surface area contributed by atoms with E-state index in [4.69, 9.17) is 0 Å². The number of carbonyl (C=O) groups is 2. The molecule has 100 valence electrons. The molecule has 1 rings (SSSR count). The summed E-state index contributed by atoms with van der Waals surface area (Å²) in [4.78, 5) is 25.2. The van der Waals surface area contributed by atoms with Crippen LogP contribution < -0.4 is 5.32 Å². The predicted octanol–water partition coefficient (Wildman–Crippen LogP) is 2.13. The third-order valence-electron chi connectivity index (χ3n) is 2.57. The summed E-state index contributed by atoms with van der Waals surface area (Å²) in [6.45, 7) is 9.61. The molecule has 0 atom stereocenters. The summed E-state index contributed by atoms with van der Waals surface area (Å²) in [6, 6.07) is 7.30. The molecule has 0 spiro atoms. The highest BCUT2D eigenvalue weighted by atomic mass is 16.2. The van der Waals surface area contributed by atoms with E-state index in [1.165, 1.54) is 4.90 Å². The van der Waals surface area contributed by atoms with Crippen LogP contribution in [-0.4, -0.2) is 29.8 Å². The van der Waals surface area contributed by atoms with E-state index in [2.05, 4.69) is 18.5 Å². The topological polar surface area (TPSA) is 49.4 Å². The Labute approximate surface area is 113 Å². The Morgan fingerprint density at radius 1 is 1.21 bits per heavy atom. The zero-order valence-corrected chi connectivity index (χ0v) is 11.1. The summed E-state index contributed by atoms with van der Waals surface area (Å²) in [5.74, 6) is -1.25. The molecular formula is C15H18N2O2. The number of anilines is 1. The number of nitrogens with zero attached hydrogens (tertiary/aromatic N) is 1. The minimum Gasteiger partial charge on any atom is -0.327 e. The van der Waals surface area contributed by atoms with E-state index >= 15 is 0 Å². The van der Waals surface area contributed by atoms with Gasteiger partial charge in [0.2, 0.25) is 0 Å². The Hall–Kier alpha value is -2.36. The zero-order chi connectivity index (χ0) is 14.3. The van der Waals surface area contributed by atoms with Crippen LogP contribution in [0.5, 0.6) is 0 Å². The van der Waals surface area contributed by atoms with Crippen molar-refractivity contribution in [2.75, 3.05) is 18.4 Å². The Kier molecular flexibility index (Phi) is 5.54. The first-order chi connectivity index (χ1) is 9.10.